The lowest BCUT2D eigenvalue weighted by Crippen LogP contribution is -2.23. The fourth-order valence-electron chi connectivity index (χ4n) is 1.71. The fourth-order valence-corrected chi connectivity index (χ4v) is 2.32. The minimum absolute atomic E-state index is 0.0336. The summed E-state index contributed by atoms with van der Waals surface area (Å²) >= 11 is 0.980. The monoisotopic (exact) mass is 341 g/mol. The highest BCUT2D eigenvalue weighted by molar-refractivity contribution is 7.99. The van der Waals surface area contributed by atoms with Crippen LogP contribution in [0.1, 0.15) is 23.7 Å². The Morgan fingerprint density at radius 1 is 1.52 bits per heavy atom. The number of aromatic nitrogens is 2. The van der Waals surface area contributed by atoms with Gasteiger partial charge in [-0.25, -0.2) is 19.6 Å². The van der Waals surface area contributed by atoms with Crippen LogP contribution in [0.2, 0.25) is 0 Å². The molecule has 2 N–H and O–H groups in total. The molecule has 1 aliphatic heterocycles. The molecule has 0 aromatic carbocycles. The highest BCUT2D eigenvalue weighted by Crippen LogP contribution is 2.18. The van der Waals surface area contributed by atoms with Gasteiger partial charge in [-0.3, -0.25) is 4.79 Å². The van der Waals surface area contributed by atoms with Crippen LogP contribution in [0, 0.1) is 0 Å². The maximum atomic E-state index is 11.7. The molecule has 10 heteroatoms. The van der Waals surface area contributed by atoms with E-state index < -0.39 is 24.0 Å². The zero-order chi connectivity index (χ0) is 16.8. The van der Waals surface area contributed by atoms with E-state index in [9.17, 15) is 14.4 Å². The number of carbonyl (C=O) groups excluding carboxylic acids is 3. The zero-order valence-corrected chi connectivity index (χ0v) is 13.1. The van der Waals surface area contributed by atoms with Crippen molar-refractivity contribution in [2.75, 3.05) is 24.7 Å². The van der Waals surface area contributed by atoms with E-state index in [4.69, 9.17) is 19.9 Å². The van der Waals surface area contributed by atoms with Gasteiger partial charge in [0.05, 0.1) is 19.0 Å². The second-order valence-electron chi connectivity index (χ2n) is 4.40. The third-order valence-electron chi connectivity index (χ3n) is 2.77. The lowest BCUT2D eigenvalue weighted by molar-refractivity contribution is -0.158. The Labute approximate surface area is 135 Å². The van der Waals surface area contributed by atoms with Crippen molar-refractivity contribution in [3.05, 3.63) is 11.8 Å². The van der Waals surface area contributed by atoms with Gasteiger partial charge in [0.15, 0.2) is 5.16 Å². The molecule has 1 aromatic rings. The highest BCUT2D eigenvalue weighted by atomic mass is 32.2. The van der Waals surface area contributed by atoms with Crippen LogP contribution >= 0.6 is 11.8 Å². The first-order chi connectivity index (χ1) is 11.0. The smallest absolute Gasteiger partial charge is 0.347 e. The van der Waals surface area contributed by atoms with Crippen LogP contribution in [0.15, 0.2) is 11.4 Å². The Balaban J connectivity index is 1.88. The molecule has 1 atom stereocenters. The lowest BCUT2D eigenvalue weighted by atomic mass is 10.3. The number of nitrogen functional groups attached to an aromatic ring is 1. The Morgan fingerprint density at radius 3 is 2.91 bits per heavy atom. The number of hydrogen-bond donors (Lipinski definition) is 1. The maximum Gasteiger partial charge on any atom is 0.347 e. The molecule has 0 aliphatic carbocycles. The minimum atomic E-state index is -0.847. The number of hydrogen-bond acceptors (Lipinski definition) is 10. The van der Waals surface area contributed by atoms with E-state index in [0.29, 0.717) is 6.42 Å². The normalized spacial score (nSPS) is 16.7. The molecule has 9 nitrogen and oxygen atoms in total. The van der Waals surface area contributed by atoms with Gasteiger partial charge >= 0.3 is 17.9 Å². The maximum absolute atomic E-state index is 11.7. The molecule has 1 aliphatic rings. The molecular weight excluding hydrogens is 326 g/mol. The summed E-state index contributed by atoms with van der Waals surface area (Å²) in [5, 5.41) is 0.210. The highest BCUT2D eigenvalue weighted by Gasteiger charge is 2.30. The van der Waals surface area contributed by atoms with Gasteiger partial charge in [0.25, 0.3) is 0 Å². The molecule has 124 valence electrons. The predicted molar refractivity (Wildman–Crippen MR) is 78.6 cm³/mol. The molecule has 0 unspecified atom stereocenters. The third-order valence-corrected chi connectivity index (χ3v) is 3.61. The van der Waals surface area contributed by atoms with Crippen molar-refractivity contribution in [2.45, 2.75) is 24.6 Å². The van der Waals surface area contributed by atoms with Crippen LogP contribution in [0.4, 0.5) is 5.82 Å². The number of rotatable bonds is 6. The number of thioether (sulfide) groups is 1. The Bertz CT molecular complexity index is 624. The average Bonchev–Trinajstić information content (AvgIpc) is 2.90. The van der Waals surface area contributed by atoms with Gasteiger partial charge in [0.2, 0.25) is 6.10 Å². The Morgan fingerprint density at radius 2 is 2.30 bits per heavy atom. The van der Waals surface area contributed by atoms with Gasteiger partial charge in [0.1, 0.15) is 11.4 Å². The van der Waals surface area contributed by atoms with Crippen molar-refractivity contribution in [1.82, 2.24) is 9.97 Å². The van der Waals surface area contributed by atoms with Crippen molar-refractivity contribution in [3.8, 4) is 0 Å². The van der Waals surface area contributed by atoms with Gasteiger partial charge in [-0.2, -0.15) is 0 Å². The molecular formula is C13H15N3O6S. The first kappa shape index (κ1) is 17.0. The molecule has 0 saturated carbocycles. The summed E-state index contributed by atoms with van der Waals surface area (Å²) in [6.45, 7) is 2.13. The van der Waals surface area contributed by atoms with Gasteiger partial charge in [-0.15, -0.1) is 0 Å². The van der Waals surface area contributed by atoms with Crippen molar-refractivity contribution >= 4 is 35.5 Å². The molecule has 0 bridgehead atoms. The second kappa shape index (κ2) is 7.77. The molecule has 2 heterocycles. The topological polar surface area (TPSA) is 131 Å². The van der Waals surface area contributed by atoms with E-state index in [1.165, 1.54) is 6.20 Å². The summed E-state index contributed by atoms with van der Waals surface area (Å²) in [4.78, 5) is 42.3. The van der Waals surface area contributed by atoms with Gasteiger partial charge < -0.3 is 19.9 Å². The van der Waals surface area contributed by atoms with Crippen molar-refractivity contribution in [2.24, 2.45) is 0 Å². The summed E-state index contributed by atoms with van der Waals surface area (Å²) in [6, 6.07) is 0. The summed E-state index contributed by atoms with van der Waals surface area (Å²) < 4.78 is 14.5. The number of nitrogens with zero attached hydrogens (tertiary/aromatic N) is 2. The predicted octanol–water partition coefficient (Wildman–Crippen LogP) is 0.186. The number of ether oxygens (including phenoxy) is 3. The first-order valence-corrected chi connectivity index (χ1v) is 7.78. The van der Waals surface area contributed by atoms with Crippen LogP contribution in [-0.4, -0.2) is 52.9 Å². The zero-order valence-electron chi connectivity index (χ0n) is 12.3. The first-order valence-electron chi connectivity index (χ1n) is 6.79. The number of carbonyl (C=O) groups is 3. The molecule has 1 saturated heterocycles. The van der Waals surface area contributed by atoms with Crippen LogP contribution in [0.25, 0.3) is 0 Å². The quantitative estimate of drug-likeness (QED) is 0.331. The van der Waals surface area contributed by atoms with Crippen LogP contribution in [0.3, 0.4) is 0 Å². The van der Waals surface area contributed by atoms with E-state index in [1.807, 2.05) is 0 Å². The summed E-state index contributed by atoms with van der Waals surface area (Å²) in [5.41, 5.74) is 5.73. The molecule has 0 radical (unpaired) electrons. The lowest BCUT2D eigenvalue weighted by Gasteiger charge is -2.08. The Hall–Kier alpha value is -2.36. The van der Waals surface area contributed by atoms with Crippen molar-refractivity contribution in [1.29, 1.82) is 0 Å². The number of anilines is 1. The second-order valence-corrected chi connectivity index (χ2v) is 5.34. The number of nitrogens with two attached hydrogens (primary N) is 1. The van der Waals surface area contributed by atoms with E-state index >= 15 is 0 Å². The van der Waals surface area contributed by atoms with E-state index in [1.54, 1.807) is 6.92 Å². The minimum Gasteiger partial charge on any atom is -0.463 e. The summed E-state index contributed by atoms with van der Waals surface area (Å²) in [7, 11) is 0. The Kier molecular flexibility index (Phi) is 5.74. The van der Waals surface area contributed by atoms with Gasteiger partial charge in [-0.05, 0) is 6.92 Å². The molecule has 1 fully saturated rings. The van der Waals surface area contributed by atoms with E-state index in [2.05, 4.69) is 9.97 Å². The molecule has 23 heavy (non-hydrogen) atoms. The fraction of sp³-hybridized carbons (Fsp3) is 0.462. The SMILES string of the molecule is CCOC(=O)c1cnc(SCC(=O)O[C@@H]2CCOC2=O)nc1N. The third kappa shape index (κ3) is 4.55. The van der Waals surface area contributed by atoms with Crippen molar-refractivity contribution < 1.29 is 28.6 Å². The van der Waals surface area contributed by atoms with Crippen LogP contribution in [0.5, 0.6) is 0 Å². The van der Waals surface area contributed by atoms with E-state index in [0.717, 1.165) is 11.8 Å². The van der Waals surface area contributed by atoms with Gasteiger partial charge in [-0.1, -0.05) is 11.8 Å². The largest absolute Gasteiger partial charge is 0.463 e. The number of esters is 3. The molecule has 1 aromatic heterocycles. The van der Waals surface area contributed by atoms with E-state index in [-0.39, 0.29) is 35.5 Å². The molecule has 0 spiro atoms. The number of cyclic esters (lactones) is 1. The average molecular weight is 341 g/mol. The molecule has 0 amide bonds. The standard InChI is InChI=1S/C13H15N3O6S/c1-2-20-11(18)7-5-15-13(16-10(7)14)23-6-9(17)22-8-3-4-21-12(8)19/h5,8H,2-4,6H2,1H3,(H2,14,15,16)/t8-/m1/s1. The van der Waals surface area contributed by atoms with Gasteiger partial charge in [0, 0.05) is 12.6 Å². The summed E-state index contributed by atoms with van der Waals surface area (Å²) in [6.07, 6.45) is 0.746. The van der Waals surface area contributed by atoms with Crippen LogP contribution < -0.4 is 5.73 Å². The molecule has 2 rings (SSSR count). The summed E-state index contributed by atoms with van der Waals surface area (Å²) in [5.74, 6) is -1.87. The van der Waals surface area contributed by atoms with Crippen LogP contribution in [-0.2, 0) is 23.8 Å². The van der Waals surface area contributed by atoms with Crippen molar-refractivity contribution in [3.63, 3.8) is 0 Å².